The first-order chi connectivity index (χ1) is 16.8. The van der Waals surface area contributed by atoms with Crippen LogP contribution in [-0.2, 0) is 18.3 Å². The second-order valence-corrected chi connectivity index (χ2v) is 9.46. The summed E-state index contributed by atoms with van der Waals surface area (Å²) in [5.74, 6) is 0.553. The Morgan fingerprint density at radius 2 is 1.97 bits per heavy atom. The van der Waals surface area contributed by atoms with E-state index in [0.29, 0.717) is 40.6 Å². The molecule has 0 saturated carbocycles. The molecular formula is C26H26ClN5O3. The molecule has 9 heteroatoms. The zero-order chi connectivity index (χ0) is 24.7. The maximum atomic E-state index is 13.3. The highest BCUT2D eigenvalue weighted by atomic mass is 35.5. The molecule has 2 aromatic carbocycles. The van der Waals surface area contributed by atoms with Crippen molar-refractivity contribution in [3.63, 3.8) is 0 Å². The fraction of sp³-hybridized carbons (Fsp3) is 0.308. The van der Waals surface area contributed by atoms with E-state index >= 15 is 0 Å². The lowest BCUT2D eigenvalue weighted by Gasteiger charge is -2.25. The molecule has 0 spiro atoms. The Kier molecular flexibility index (Phi) is 6.06. The highest BCUT2D eigenvalue weighted by Crippen LogP contribution is 2.37. The van der Waals surface area contributed by atoms with Crippen LogP contribution < -0.4 is 15.6 Å². The summed E-state index contributed by atoms with van der Waals surface area (Å²) >= 11 is 6.29. The minimum absolute atomic E-state index is 0.279. The molecule has 3 heterocycles. The number of carbonyl (C=O) groups excluding carboxylic acids is 1. The number of anilines is 1. The molecule has 0 unspecified atom stereocenters. The molecule has 2 atom stereocenters. The van der Waals surface area contributed by atoms with Gasteiger partial charge >= 0.3 is 0 Å². The summed E-state index contributed by atoms with van der Waals surface area (Å²) in [7, 11) is 1.74. The van der Waals surface area contributed by atoms with Gasteiger partial charge in [-0.2, -0.15) is 15.0 Å². The number of hydrogen-bond donors (Lipinski definition) is 1. The van der Waals surface area contributed by atoms with Crippen molar-refractivity contribution in [2.45, 2.75) is 32.7 Å². The number of hydrogen-bond acceptors (Lipinski definition) is 5. The predicted molar refractivity (Wildman–Crippen MR) is 136 cm³/mol. The van der Waals surface area contributed by atoms with Crippen LogP contribution in [0.2, 0.25) is 5.02 Å². The molecule has 1 aliphatic rings. The number of carbonyl (C=O) groups is 1. The Morgan fingerprint density at radius 3 is 2.77 bits per heavy atom. The van der Waals surface area contributed by atoms with Gasteiger partial charge in [-0.05, 0) is 60.2 Å². The Hall–Kier alpha value is -3.65. The van der Waals surface area contributed by atoms with Crippen LogP contribution in [0.1, 0.15) is 31.9 Å². The molecule has 8 nitrogen and oxygen atoms in total. The number of amides is 1. The second-order valence-electron chi connectivity index (χ2n) is 9.02. The first kappa shape index (κ1) is 23.1. The Bertz CT molecular complexity index is 1490. The zero-order valence-electron chi connectivity index (χ0n) is 19.8. The van der Waals surface area contributed by atoms with Crippen LogP contribution in [0.25, 0.3) is 22.2 Å². The van der Waals surface area contributed by atoms with E-state index in [1.165, 1.54) is 9.36 Å². The van der Waals surface area contributed by atoms with Gasteiger partial charge in [0.05, 0.1) is 12.8 Å². The molecule has 35 heavy (non-hydrogen) atoms. The van der Waals surface area contributed by atoms with Gasteiger partial charge in [0.15, 0.2) is 0 Å². The second kappa shape index (κ2) is 9.19. The fourth-order valence-corrected chi connectivity index (χ4v) is 4.75. The van der Waals surface area contributed by atoms with Crippen LogP contribution in [0, 0.1) is 5.92 Å². The van der Waals surface area contributed by atoms with E-state index < -0.39 is 6.04 Å². The van der Waals surface area contributed by atoms with E-state index in [0.717, 1.165) is 23.1 Å². The van der Waals surface area contributed by atoms with Crippen molar-refractivity contribution in [1.29, 1.82) is 0 Å². The maximum absolute atomic E-state index is 13.3. The molecule has 0 saturated heterocycles. The number of aromatic nitrogens is 4. The van der Waals surface area contributed by atoms with Gasteiger partial charge in [-0.25, -0.2) is 0 Å². The van der Waals surface area contributed by atoms with Gasteiger partial charge < -0.3 is 10.1 Å². The standard InChI is InChI=1S/C26H26ClN5O3/c1-4-23(26(34)28-18-7-8-21-22(11-18)30-31(3)29-21)32-13-24-20(12-25(32)33)19-10-17(27)6-5-16(19)9-15(2)14-35-24/h5-8,10-13,15,23H,4,9,14H2,1-3H3,(H,28,34)/t15-,23+/m1/s1. The summed E-state index contributed by atoms with van der Waals surface area (Å²) in [5, 5.41) is 12.1. The molecule has 5 rings (SSSR count). The third kappa shape index (κ3) is 4.53. The quantitative estimate of drug-likeness (QED) is 0.450. The van der Waals surface area contributed by atoms with Crippen molar-refractivity contribution < 1.29 is 9.53 Å². The summed E-state index contributed by atoms with van der Waals surface area (Å²) in [6.07, 6.45) is 2.90. The average molecular weight is 492 g/mol. The van der Waals surface area contributed by atoms with Crippen molar-refractivity contribution in [3.05, 3.63) is 69.6 Å². The average Bonchev–Trinajstić information content (AvgIpc) is 3.19. The van der Waals surface area contributed by atoms with Gasteiger partial charge in [0, 0.05) is 29.4 Å². The first-order valence-corrected chi connectivity index (χ1v) is 12.0. The summed E-state index contributed by atoms with van der Waals surface area (Å²) in [5.41, 5.74) is 4.43. The van der Waals surface area contributed by atoms with Gasteiger partial charge in [0.25, 0.3) is 5.56 Å². The Morgan fingerprint density at radius 1 is 1.17 bits per heavy atom. The summed E-state index contributed by atoms with van der Waals surface area (Å²) in [6.45, 7) is 4.50. The summed E-state index contributed by atoms with van der Waals surface area (Å²) in [4.78, 5) is 28.0. The first-order valence-electron chi connectivity index (χ1n) is 11.6. The van der Waals surface area contributed by atoms with Crippen LogP contribution in [-0.4, -0.2) is 32.1 Å². The molecule has 0 aliphatic carbocycles. The zero-order valence-corrected chi connectivity index (χ0v) is 20.5. The lowest BCUT2D eigenvalue weighted by Crippen LogP contribution is -2.33. The van der Waals surface area contributed by atoms with Crippen LogP contribution in [0.3, 0.4) is 0 Å². The third-order valence-electron chi connectivity index (χ3n) is 6.27. The molecule has 180 valence electrons. The lowest BCUT2D eigenvalue weighted by molar-refractivity contribution is -0.119. The van der Waals surface area contributed by atoms with Crippen LogP contribution in [0.5, 0.6) is 5.75 Å². The highest BCUT2D eigenvalue weighted by Gasteiger charge is 2.25. The van der Waals surface area contributed by atoms with E-state index in [1.807, 2.05) is 25.1 Å². The predicted octanol–water partition coefficient (Wildman–Crippen LogP) is 4.61. The Balaban J connectivity index is 1.51. The number of nitrogens with zero attached hydrogens (tertiary/aromatic N) is 4. The van der Waals surface area contributed by atoms with Crippen molar-refractivity contribution >= 4 is 34.2 Å². The van der Waals surface area contributed by atoms with Crippen LogP contribution in [0.4, 0.5) is 5.69 Å². The van der Waals surface area contributed by atoms with Crippen molar-refractivity contribution in [2.24, 2.45) is 13.0 Å². The number of ether oxygens (including phenoxy) is 1. The minimum atomic E-state index is -0.712. The van der Waals surface area contributed by atoms with Crippen LogP contribution >= 0.6 is 11.6 Å². The molecule has 0 radical (unpaired) electrons. The van der Waals surface area contributed by atoms with Crippen molar-refractivity contribution in [2.75, 3.05) is 11.9 Å². The largest absolute Gasteiger partial charge is 0.491 e. The molecule has 1 aliphatic heterocycles. The number of halogens is 1. The minimum Gasteiger partial charge on any atom is -0.491 e. The molecule has 0 bridgehead atoms. The Labute approximate surface area is 207 Å². The molecular weight excluding hydrogens is 466 g/mol. The molecule has 1 N–H and O–H groups in total. The molecule has 1 amide bonds. The number of nitrogens with one attached hydrogen (secondary N) is 1. The normalized spacial score (nSPS) is 15.9. The number of rotatable bonds is 4. The smallest absolute Gasteiger partial charge is 0.252 e. The summed E-state index contributed by atoms with van der Waals surface area (Å²) in [6, 6.07) is 11.9. The van der Waals surface area contributed by atoms with E-state index in [2.05, 4.69) is 22.4 Å². The number of benzene rings is 2. The lowest BCUT2D eigenvalue weighted by atomic mass is 9.92. The van der Waals surface area contributed by atoms with Crippen LogP contribution in [0.15, 0.2) is 53.5 Å². The highest BCUT2D eigenvalue weighted by molar-refractivity contribution is 6.30. The van der Waals surface area contributed by atoms with E-state index in [1.54, 1.807) is 37.5 Å². The van der Waals surface area contributed by atoms with Gasteiger partial charge in [-0.3, -0.25) is 14.2 Å². The maximum Gasteiger partial charge on any atom is 0.252 e. The number of pyridine rings is 1. The SMILES string of the molecule is CC[C@@H](C(=O)Nc1ccc2nn(C)nc2c1)n1cc2c(cc1=O)-c1cc(Cl)ccc1C[C@@H](C)CO2. The number of fused-ring (bicyclic) bond motifs is 4. The van der Waals surface area contributed by atoms with E-state index in [9.17, 15) is 9.59 Å². The van der Waals surface area contributed by atoms with E-state index in [4.69, 9.17) is 16.3 Å². The fourth-order valence-electron chi connectivity index (χ4n) is 4.58. The van der Waals surface area contributed by atoms with E-state index in [-0.39, 0.29) is 17.4 Å². The van der Waals surface area contributed by atoms with Gasteiger partial charge in [-0.15, -0.1) is 0 Å². The van der Waals surface area contributed by atoms with Gasteiger partial charge in [0.1, 0.15) is 22.8 Å². The summed E-state index contributed by atoms with van der Waals surface area (Å²) < 4.78 is 7.57. The van der Waals surface area contributed by atoms with Crippen molar-refractivity contribution in [3.8, 4) is 16.9 Å². The molecule has 2 aromatic heterocycles. The monoisotopic (exact) mass is 491 g/mol. The molecule has 4 aromatic rings. The van der Waals surface area contributed by atoms with Gasteiger partial charge in [0.2, 0.25) is 5.91 Å². The third-order valence-corrected chi connectivity index (χ3v) is 6.51. The molecule has 0 fully saturated rings. The topological polar surface area (TPSA) is 91.0 Å². The van der Waals surface area contributed by atoms with Gasteiger partial charge in [-0.1, -0.05) is 31.5 Å². The van der Waals surface area contributed by atoms with Crippen molar-refractivity contribution in [1.82, 2.24) is 19.6 Å². The number of aryl methyl sites for hydroxylation is 1.